The molecular formula is C21H16FN5. The number of hydrogen-bond donors (Lipinski definition) is 0. The second-order valence-electron chi connectivity index (χ2n) is 6.60. The van der Waals surface area contributed by atoms with Gasteiger partial charge in [-0.15, -0.1) is 0 Å². The molecule has 0 atom stereocenters. The van der Waals surface area contributed by atoms with E-state index >= 15 is 0 Å². The lowest BCUT2D eigenvalue weighted by Gasteiger charge is -2.09. The van der Waals surface area contributed by atoms with Gasteiger partial charge >= 0.3 is 0 Å². The van der Waals surface area contributed by atoms with E-state index in [0.29, 0.717) is 5.95 Å². The molecule has 0 aliphatic rings. The van der Waals surface area contributed by atoms with Crippen LogP contribution in [0.15, 0.2) is 61.1 Å². The summed E-state index contributed by atoms with van der Waals surface area (Å²) in [7, 11) is 1.95. The summed E-state index contributed by atoms with van der Waals surface area (Å²) in [6.45, 7) is 2.03. The Labute approximate surface area is 154 Å². The molecule has 0 fully saturated rings. The Morgan fingerprint density at radius 2 is 1.78 bits per heavy atom. The number of halogens is 1. The molecule has 0 spiro atoms. The largest absolute Gasteiger partial charge is 0.335 e. The second kappa shape index (κ2) is 5.74. The first kappa shape index (κ1) is 15.7. The smallest absolute Gasteiger partial charge is 0.238 e. The van der Waals surface area contributed by atoms with Crippen molar-refractivity contribution in [2.45, 2.75) is 6.92 Å². The first-order valence-electron chi connectivity index (χ1n) is 8.64. The highest BCUT2D eigenvalue weighted by Crippen LogP contribution is 2.29. The fourth-order valence-electron chi connectivity index (χ4n) is 3.40. The summed E-state index contributed by atoms with van der Waals surface area (Å²) in [6, 6.07) is 14.4. The molecule has 0 N–H and O–H groups in total. The van der Waals surface area contributed by atoms with Gasteiger partial charge in [0.2, 0.25) is 5.95 Å². The van der Waals surface area contributed by atoms with E-state index in [2.05, 4.69) is 4.98 Å². The first-order valence-corrected chi connectivity index (χ1v) is 8.64. The van der Waals surface area contributed by atoms with Crippen LogP contribution in [0.3, 0.4) is 0 Å². The minimum absolute atomic E-state index is 0.270. The van der Waals surface area contributed by atoms with Gasteiger partial charge in [0.05, 0.1) is 16.7 Å². The van der Waals surface area contributed by atoms with Crippen LogP contribution in [0, 0.1) is 12.7 Å². The molecule has 0 saturated heterocycles. The van der Waals surface area contributed by atoms with Gasteiger partial charge in [-0.2, -0.15) is 4.98 Å². The maximum atomic E-state index is 13.4. The van der Waals surface area contributed by atoms with Crippen molar-refractivity contribution in [1.82, 2.24) is 24.1 Å². The van der Waals surface area contributed by atoms with E-state index in [1.165, 1.54) is 12.1 Å². The van der Waals surface area contributed by atoms with Gasteiger partial charge in [0.15, 0.2) is 0 Å². The zero-order valence-electron chi connectivity index (χ0n) is 14.9. The Morgan fingerprint density at radius 3 is 2.59 bits per heavy atom. The van der Waals surface area contributed by atoms with Gasteiger partial charge in [0.1, 0.15) is 17.8 Å². The number of benzene rings is 2. The third kappa shape index (κ3) is 2.41. The summed E-state index contributed by atoms with van der Waals surface area (Å²) in [6.07, 6.45) is 3.70. The number of nitrogens with zero attached hydrogens (tertiary/aromatic N) is 5. The van der Waals surface area contributed by atoms with Crippen LogP contribution in [0.25, 0.3) is 39.3 Å². The molecule has 0 saturated carbocycles. The van der Waals surface area contributed by atoms with Crippen LogP contribution in [-0.4, -0.2) is 24.1 Å². The molecule has 0 amide bonds. The second-order valence-corrected chi connectivity index (χ2v) is 6.60. The van der Waals surface area contributed by atoms with E-state index < -0.39 is 0 Å². The molecular weight excluding hydrogens is 341 g/mol. The number of para-hydroxylation sites is 1. The molecule has 3 aromatic heterocycles. The molecule has 0 bridgehead atoms. The molecule has 5 nitrogen and oxygen atoms in total. The van der Waals surface area contributed by atoms with Crippen LogP contribution in [0.4, 0.5) is 4.39 Å². The summed E-state index contributed by atoms with van der Waals surface area (Å²) in [4.78, 5) is 14.1. The predicted molar refractivity (Wildman–Crippen MR) is 103 cm³/mol. The molecule has 132 valence electrons. The highest BCUT2D eigenvalue weighted by molar-refractivity contribution is 5.92. The zero-order valence-corrected chi connectivity index (χ0v) is 14.9. The van der Waals surface area contributed by atoms with Crippen LogP contribution < -0.4 is 0 Å². The average Bonchev–Trinajstić information content (AvgIpc) is 3.27. The van der Waals surface area contributed by atoms with Crippen LogP contribution in [-0.2, 0) is 7.05 Å². The van der Waals surface area contributed by atoms with Crippen molar-refractivity contribution in [3.05, 3.63) is 72.4 Å². The van der Waals surface area contributed by atoms with Crippen molar-refractivity contribution < 1.29 is 4.39 Å². The lowest BCUT2D eigenvalue weighted by atomic mass is 10.1. The molecule has 0 aliphatic heterocycles. The number of hydrogen-bond acceptors (Lipinski definition) is 3. The van der Waals surface area contributed by atoms with Crippen LogP contribution in [0.2, 0.25) is 0 Å². The number of aromatic nitrogens is 5. The Morgan fingerprint density at radius 1 is 0.963 bits per heavy atom. The van der Waals surface area contributed by atoms with Crippen molar-refractivity contribution in [2.75, 3.05) is 0 Å². The lowest BCUT2D eigenvalue weighted by molar-refractivity contribution is 0.628. The standard InChI is InChI=1S/C21H16FN5/c1-13-4-3-5-17-18(13)23-12-27(17)21-24-19(14-6-8-15(22)9-7-14)16-10-11-26(2)20(16)25-21/h3-12H,1-2H3. The first-order chi connectivity index (χ1) is 13.1. The quantitative estimate of drug-likeness (QED) is 0.470. The topological polar surface area (TPSA) is 48.5 Å². The molecule has 2 aromatic carbocycles. The Kier molecular flexibility index (Phi) is 3.33. The molecule has 0 unspecified atom stereocenters. The van der Waals surface area contributed by atoms with E-state index in [4.69, 9.17) is 9.97 Å². The van der Waals surface area contributed by atoms with E-state index in [1.54, 1.807) is 18.5 Å². The number of aryl methyl sites for hydroxylation is 2. The van der Waals surface area contributed by atoms with Crippen molar-refractivity contribution >= 4 is 22.1 Å². The molecule has 3 heterocycles. The fourth-order valence-corrected chi connectivity index (χ4v) is 3.40. The lowest BCUT2D eigenvalue weighted by Crippen LogP contribution is -2.03. The molecule has 0 aliphatic carbocycles. The van der Waals surface area contributed by atoms with Crippen molar-refractivity contribution in [1.29, 1.82) is 0 Å². The summed E-state index contributed by atoms with van der Waals surface area (Å²) in [5.41, 5.74) is 5.41. The van der Waals surface area contributed by atoms with Crippen molar-refractivity contribution in [2.24, 2.45) is 7.05 Å². The fraction of sp³-hybridized carbons (Fsp3) is 0.0952. The third-order valence-corrected chi connectivity index (χ3v) is 4.82. The highest BCUT2D eigenvalue weighted by Gasteiger charge is 2.15. The summed E-state index contributed by atoms with van der Waals surface area (Å²) >= 11 is 0. The summed E-state index contributed by atoms with van der Waals surface area (Å²) in [5, 5.41) is 0.924. The summed E-state index contributed by atoms with van der Waals surface area (Å²) < 4.78 is 17.2. The van der Waals surface area contributed by atoms with Crippen molar-refractivity contribution in [3.8, 4) is 17.2 Å². The van der Waals surface area contributed by atoms with Gasteiger partial charge in [0, 0.05) is 24.2 Å². The number of fused-ring (bicyclic) bond motifs is 2. The van der Waals surface area contributed by atoms with E-state index in [-0.39, 0.29) is 5.82 Å². The minimum Gasteiger partial charge on any atom is -0.335 e. The van der Waals surface area contributed by atoms with Gasteiger partial charge in [0.25, 0.3) is 0 Å². The van der Waals surface area contributed by atoms with Gasteiger partial charge < -0.3 is 4.57 Å². The van der Waals surface area contributed by atoms with E-state index in [0.717, 1.165) is 38.9 Å². The predicted octanol–water partition coefficient (Wildman–Crippen LogP) is 4.42. The SMILES string of the molecule is Cc1cccc2c1ncn2-c1nc(-c2ccc(F)cc2)c2ccn(C)c2n1. The minimum atomic E-state index is -0.270. The molecule has 0 radical (unpaired) electrons. The van der Waals surface area contributed by atoms with Gasteiger partial charge in [-0.05, 0) is 48.9 Å². The Bertz CT molecular complexity index is 1300. The Balaban J connectivity index is 1.81. The van der Waals surface area contributed by atoms with Gasteiger partial charge in [-0.25, -0.2) is 14.4 Å². The van der Waals surface area contributed by atoms with Crippen molar-refractivity contribution in [3.63, 3.8) is 0 Å². The van der Waals surface area contributed by atoms with Gasteiger partial charge in [-0.3, -0.25) is 4.57 Å². The van der Waals surface area contributed by atoms with Crippen LogP contribution in [0.1, 0.15) is 5.56 Å². The van der Waals surface area contributed by atoms with E-state index in [9.17, 15) is 4.39 Å². The molecule has 5 rings (SSSR count). The normalized spacial score (nSPS) is 11.5. The molecule has 27 heavy (non-hydrogen) atoms. The van der Waals surface area contributed by atoms with Crippen LogP contribution >= 0.6 is 0 Å². The number of imidazole rings is 1. The third-order valence-electron chi connectivity index (χ3n) is 4.82. The maximum absolute atomic E-state index is 13.4. The molecule has 5 aromatic rings. The van der Waals surface area contributed by atoms with Crippen LogP contribution in [0.5, 0.6) is 0 Å². The number of rotatable bonds is 2. The maximum Gasteiger partial charge on any atom is 0.238 e. The average molecular weight is 357 g/mol. The monoisotopic (exact) mass is 357 g/mol. The zero-order chi connectivity index (χ0) is 18.5. The van der Waals surface area contributed by atoms with Gasteiger partial charge in [-0.1, -0.05) is 12.1 Å². The highest BCUT2D eigenvalue weighted by atomic mass is 19.1. The summed E-state index contributed by atoms with van der Waals surface area (Å²) in [5.74, 6) is 0.269. The molecule has 6 heteroatoms. The Hall–Kier alpha value is -3.54. The van der Waals surface area contributed by atoms with E-state index in [1.807, 2.05) is 53.6 Å².